The predicted molar refractivity (Wildman–Crippen MR) is 106 cm³/mol. The van der Waals surface area contributed by atoms with Gasteiger partial charge in [0.15, 0.2) is 0 Å². The van der Waals surface area contributed by atoms with Crippen molar-refractivity contribution in [2.24, 2.45) is 0 Å². The molecule has 0 saturated heterocycles. The summed E-state index contributed by atoms with van der Waals surface area (Å²) in [5.74, 6) is 0.733. The summed E-state index contributed by atoms with van der Waals surface area (Å²) >= 11 is 0. The van der Waals surface area contributed by atoms with E-state index >= 15 is 0 Å². The minimum atomic E-state index is -0.107. The molecule has 3 heteroatoms. The van der Waals surface area contributed by atoms with Gasteiger partial charge in [0.2, 0.25) is 0 Å². The predicted octanol–water partition coefficient (Wildman–Crippen LogP) is 5.44. The standard InChI is InChI=1S/C23H23NO2/c1-16-5-12-21(13-6-16)26-15-19-8-10-20(11-9-19)23(25)24-22-14-17(2)4-7-18(22)3/h4-14H,15H2,1-3H3,(H,24,25). The normalized spacial score (nSPS) is 10.4. The van der Waals surface area contributed by atoms with Gasteiger partial charge < -0.3 is 10.1 Å². The zero-order valence-corrected chi connectivity index (χ0v) is 15.4. The number of aryl methyl sites for hydroxylation is 3. The zero-order chi connectivity index (χ0) is 18.5. The molecule has 0 spiro atoms. The Hall–Kier alpha value is -3.07. The molecule has 0 atom stereocenters. The van der Waals surface area contributed by atoms with Crippen molar-refractivity contribution in [1.29, 1.82) is 0 Å². The second-order valence-corrected chi connectivity index (χ2v) is 6.57. The number of carbonyl (C=O) groups is 1. The zero-order valence-electron chi connectivity index (χ0n) is 15.4. The van der Waals surface area contributed by atoms with E-state index in [0.717, 1.165) is 28.1 Å². The van der Waals surface area contributed by atoms with Crippen molar-refractivity contribution in [1.82, 2.24) is 0 Å². The molecule has 132 valence electrons. The van der Waals surface area contributed by atoms with E-state index in [2.05, 4.69) is 5.32 Å². The third kappa shape index (κ3) is 4.51. The van der Waals surface area contributed by atoms with Crippen LogP contribution in [0.2, 0.25) is 0 Å². The molecule has 0 fully saturated rings. The van der Waals surface area contributed by atoms with Gasteiger partial charge in [0, 0.05) is 11.3 Å². The van der Waals surface area contributed by atoms with Crippen molar-refractivity contribution in [2.45, 2.75) is 27.4 Å². The van der Waals surface area contributed by atoms with E-state index in [1.165, 1.54) is 5.56 Å². The van der Waals surface area contributed by atoms with E-state index in [9.17, 15) is 4.79 Å². The highest BCUT2D eigenvalue weighted by Crippen LogP contribution is 2.18. The number of amides is 1. The van der Waals surface area contributed by atoms with Crippen molar-refractivity contribution in [3.05, 3.63) is 94.5 Å². The lowest BCUT2D eigenvalue weighted by atomic mass is 10.1. The van der Waals surface area contributed by atoms with Crippen molar-refractivity contribution in [2.75, 3.05) is 5.32 Å². The fourth-order valence-electron chi connectivity index (χ4n) is 2.62. The number of benzene rings is 3. The molecular formula is C23H23NO2. The minimum Gasteiger partial charge on any atom is -0.489 e. The van der Waals surface area contributed by atoms with Gasteiger partial charge in [-0.05, 0) is 67.8 Å². The van der Waals surface area contributed by atoms with Gasteiger partial charge in [0.1, 0.15) is 12.4 Å². The Bertz CT molecular complexity index is 896. The smallest absolute Gasteiger partial charge is 0.255 e. The summed E-state index contributed by atoms with van der Waals surface area (Å²) in [6.45, 7) is 6.52. The first-order valence-corrected chi connectivity index (χ1v) is 8.68. The number of rotatable bonds is 5. The van der Waals surface area contributed by atoms with Crippen LogP contribution in [0.5, 0.6) is 5.75 Å². The highest BCUT2D eigenvalue weighted by atomic mass is 16.5. The van der Waals surface area contributed by atoms with E-state index in [0.29, 0.717) is 12.2 Å². The highest BCUT2D eigenvalue weighted by Gasteiger charge is 2.08. The fourth-order valence-corrected chi connectivity index (χ4v) is 2.62. The number of hydrogen-bond acceptors (Lipinski definition) is 2. The topological polar surface area (TPSA) is 38.3 Å². The molecule has 0 aliphatic heterocycles. The van der Waals surface area contributed by atoms with Crippen LogP contribution in [-0.4, -0.2) is 5.91 Å². The molecule has 3 aromatic carbocycles. The van der Waals surface area contributed by atoms with Gasteiger partial charge in [-0.2, -0.15) is 0 Å². The van der Waals surface area contributed by atoms with Gasteiger partial charge >= 0.3 is 0 Å². The first-order chi connectivity index (χ1) is 12.5. The summed E-state index contributed by atoms with van der Waals surface area (Å²) in [5.41, 5.74) is 5.87. The Labute approximate surface area is 154 Å². The minimum absolute atomic E-state index is 0.107. The van der Waals surface area contributed by atoms with Gasteiger partial charge in [-0.25, -0.2) is 0 Å². The number of ether oxygens (including phenoxy) is 1. The number of nitrogens with one attached hydrogen (secondary N) is 1. The van der Waals surface area contributed by atoms with Crippen molar-refractivity contribution < 1.29 is 9.53 Å². The average molecular weight is 345 g/mol. The number of carbonyl (C=O) groups excluding carboxylic acids is 1. The summed E-state index contributed by atoms with van der Waals surface area (Å²) in [4.78, 5) is 12.5. The van der Waals surface area contributed by atoms with Gasteiger partial charge in [0.05, 0.1) is 0 Å². The molecule has 3 rings (SSSR count). The van der Waals surface area contributed by atoms with Gasteiger partial charge in [0.25, 0.3) is 5.91 Å². The third-order valence-electron chi connectivity index (χ3n) is 4.28. The third-order valence-corrected chi connectivity index (χ3v) is 4.28. The maximum absolute atomic E-state index is 12.5. The van der Waals surface area contributed by atoms with Crippen LogP contribution in [0.15, 0.2) is 66.7 Å². The Morgan fingerprint density at radius 3 is 2.19 bits per heavy atom. The maximum atomic E-state index is 12.5. The van der Waals surface area contributed by atoms with E-state index in [1.54, 1.807) is 0 Å². The van der Waals surface area contributed by atoms with E-state index < -0.39 is 0 Å². The average Bonchev–Trinajstić information content (AvgIpc) is 2.64. The molecule has 0 unspecified atom stereocenters. The van der Waals surface area contributed by atoms with Crippen LogP contribution >= 0.6 is 0 Å². The highest BCUT2D eigenvalue weighted by molar-refractivity contribution is 6.04. The lowest BCUT2D eigenvalue weighted by molar-refractivity contribution is 0.102. The first-order valence-electron chi connectivity index (χ1n) is 8.68. The molecule has 26 heavy (non-hydrogen) atoms. The summed E-state index contributed by atoms with van der Waals surface area (Å²) in [6, 6.07) is 21.5. The molecule has 1 N–H and O–H groups in total. The van der Waals surface area contributed by atoms with Crippen molar-refractivity contribution in [3.8, 4) is 5.75 Å². The second kappa shape index (κ2) is 7.87. The van der Waals surface area contributed by atoms with Crippen LogP contribution in [0.1, 0.15) is 32.6 Å². The lowest BCUT2D eigenvalue weighted by Gasteiger charge is -2.10. The van der Waals surface area contributed by atoms with Crippen molar-refractivity contribution in [3.63, 3.8) is 0 Å². The summed E-state index contributed by atoms with van der Waals surface area (Å²) in [5, 5.41) is 2.98. The number of anilines is 1. The lowest BCUT2D eigenvalue weighted by Crippen LogP contribution is -2.13. The molecule has 0 aromatic heterocycles. The Balaban J connectivity index is 1.62. The van der Waals surface area contributed by atoms with E-state index in [-0.39, 0.29) is 5.91 Å². The van der Waals surface area contributed by atoms with Crippen LogP contribution in [0.3, 0.4) is 0 Å². The summed E-state index contributed by atoms with van der Waals surface area (Å²) in [7, 11) is 0. The molecule has 0 aliphatic rings. The van der Waals surface area contributed by atoms with Gasteiger partial charge in [-0.15, -0.1) is 0 Å². The Morgan fingerprint density at radius 2 is 1.50 bits per heavy atom. The van der Waals surface area contributed by atoms with E-state index in [4.69, 9.17) is 4.74 Å². The molecule has 1 amide bonds. The maximum Gasteiger partial charge on any atom is 0.255 e. The largest absolute Gasteiger partial charge is 0.489 e. The molecule has 3 aromatic rings. The van der Waals surface area contributed by atoms with Crippen LogP contribution in [0.4, 0.5) is 5.69 Å². The summed E-state index contributed by atoms with van der Waals surface area (Å²) in [6.07, 6.45) is 0. The van der Waals surface area contributed by atoms with Crippen LogP contribution in [0.25, 0.3) is 0 Å². The molecule has 0 saturated carbocycles. The SMILES string of the molecule is Cc1ccc(OCc2ccc(C(=O)Nc3cc(C)ccc3C)cc2)cc1. The van der Waals surface area contributed by atoms with Crippen molar-refractivity contribution >= 4 is 11.6 Å². The molecule has 0 radical (unpaired) electrons. The van der Waals surface area contributed by atoms with Crippen LogP contribution < -0.4 is 10.1 Å². The van der Waals surface area contributed by atoms with Crippen LogP contribution in [0, 0.1) is 20.8 Å². The quantitative estimate of drug-likeness (QED) is 0.668. The first kappa shape index (κ1) is 17.7. The monoisotopic (exact) mass is 345 g/mol. The fraction of sp³-hybridized carbons (Fsp3) is 0.174. The molecule has 0 bridgehead atoms. The summed E-state index contributed by atoms with van der Waals surface area (Å²) < 4.78 is 5.77. The van der Waals surface area contributed by atoms with E-state index in [1.807, 2.05) is 87.5 Å². The Morgan fingerprint density at radius 1 is 0.846 bits per heavy atom. The van der Waals surface area contributed by atoms with Gasteiger partial charge in [-0.1, -0.05) is 42.0 Å². The number of hydrogen-bond donors (Lipinski definition) is 1. The Kier molecular flexibility index (Phi) is 5.37. The molecular weight excluding hydrogens is 322 g/mol. The van der Waals surface area contributed by atoms with Gasteiger partial charge in [-0.3, -0.25) is 4.79 Å². The molecule has 0 aliphatic carbocycles. The molecule has 0 heterocycles. The van der Waals surface area contributed by atoms with Crippen LogP contribution in [-0.2, 0) is 6.61 Å². The second-order valence-electron chi connectivity index (χ2n) is 6.57. The molecule has 3 nitrogen and oxygen atoms in total.